The van der Waals surface area contributed by atoms with E-state index in [-0.39, 0.29) is 5.54 Å². The van der Waals surface area contributed by atoms with Crippen molar-refractivity contribution in [3.8, 4) is 5.75 Å². The van der Waals surface area contributed by atoms with Crippen LogP contribution in [0.5, 0.6) is 5.75 Å². The second kappa shape index (κ2) is 6.52. The fourth-order valence-electron chi connectivity index (χ4n) is 1.27. The predicted octanol–water partition coefficient (Wildman–Crippen LogP) is 2.31. The second-order valence-electron chi connectivity index (χ2n) is 4.58. The first-order valence-corrected chi connectivity index (χ1v) is 7.67. The first kappa shape index (κ1) is 14.7. The van der Waals surface area contributed by atoms with Crippen LogP contribution in [0.4, 0.5) is 0 Å². The summed E-state index contributed by atoms with van der Waals surface area (Å²) in [6, 6.07) is 7.57. The summed E-state index contributed by atoms with van der Waals surface area (Å²) >= 11 is 3.35. The third-order valence-electron chi connectivity index (χ3n) is 1.93. The second-order valence-corrected chi connectivity index (χ2v) is 7.07. The minimum Gasteiger partial charge on any atom is -0.493 e. The fraction of sp³-hybridized carbons (Fsp3) is 0.500. The van der Waals surface area contributed by atoms with Crippen LogP contribution in [-0.2, 0) is 10.8 Å². The number of benzene rings is 1. The largest absolute Gasteiger partial charge is 0.493 e. The van der Waals surface area contributed by atoms with Gasteiger partial charge in [0.1, 0.15) is 5.75 Å². The van der Waals surface area contributed by atoms with Crippen molar-refractivity contribution in [2.75, 3.05) is 18.1 Å². The summed E-state index contributed by atoms with van der Waals surface area (Å²) in [6.07, 6.45) is 0. The van der Waals surface area contributed by atoms with Gasteiger partial charge < -0.3 is 10.5 Å². The molecule has 1 rings (SSSR count). The van der Waals surface area contributed by atoms with Gasteiger partial charge in [-0.25, -0.2) is 0 Å². The lowest BCUT2D eigenvalue weighted by atomic mass is 10.1. The van der Waals surface area contributed by atoms with E-state index < -0.39 is 10.8 Å². The van der Waals surface area contributed by atoms with Crippen molar-refractivity contribution in [1.29, 1.82) is 0 Å². The predicted molar refractivity (Wildman–Crippen MR) is 75.8 cm³/mol. The molecule has 0 radical (unpaired) electrons. The highest BCUT2D eigenvalue weighted by Gasteiger charge is 2.14. The minimum absolute atomic E-state index is 0.386. The maximum Gasteiger partial charge on any atom is 0.119 e. The van der Waals surface area contributed by atoms with Gasteiger partial charge in [-0.05, 0) is 38.1 Å². The molecule has 0 spiro atoms. The highest BCUT2D eigenvalue weighted by Crippen LogP contribution is 2.15. The number of nitrogens with two attached hydrogens (primary N) is 1. The molecule has 1 atom stereocenters. The Morgan fingerprint density at radius 3 is 2.47 bits per heavy atom. The summed E-state index contributed by atoms with van der Waals surface area (Å²) in [5, 5.41) is 0. The molecule has 0 aliphatic heterocycles. The third-order valence-corrected chi connectivity index (χ3v) is 4.14. The van der Waals surface area contributed by atoms with Crippen molar-refractivity contribution in [2.45, 2.75) is 19.4 Å². The molecule has 0 saturated carbocycles. The molecular weight excluding hydrogens is 302 g/mol. The third kappa shape index (κ3) is 6.81. The van der Waals surface area contributed by atoms with Gasteiger partial charge in [0.25, 0.3) is 0 Å². The molecule has 0 saturated heterocycles. The molecule has 3 nitrogen and oxygen atoms in total. The van der Waals surface area contributed by atoms with E-state index in [4.69, 9.17) is 10.5 Å². The summed E-state index contributed by atoms with van der Waals surface area (Å²) in [7, 11) is -0.927. The summed E-state index contributed by atoms with van der Waals surface area (Å²) in [5.74, 6) is 1.80. The van der Waals surface area contributed by atoms with Gasteiger partial charge in [-0.3, -0.25) is 4.21 Å². The first-order chi connectivity index (χ1) is 7.87. The Hall–Kier alpha value is -0.390. The highest BCUT2D eigenvalue weighted by atomic mass is 79.9. The van der Waals surface area contributed by atoms with E-state index in [1.54, 1.807) is 0 Å². The summed E-state index contributed by atoms with van der Waals surface area (Å²) < 4.78 is 18.2. The van der Waals surface area contributed by atoms with Crippen LogP contribution in [0.15, 0.2) is 28.7 Å². The zero-order valence-corrected chi connectivity index (χ0v) is 12.5. The molecular formula is C12H18BrNO2S. The monoisotopic (exact) mass is 319 g/mol. The Morgan fingerprint density at radius 1 is 1.35 bits per heavy atom. The molecule has 1 aromatic carbocycles. The molecule has 1 unspecified atom stereocenters. The van der Waals surface area contributed by atoms with Crippen LogP contribution in [0.1, 0.15) is 13.8 Å². The van der Waals surface area contributed by atoms with Crippen LogP contribution in [0.3, 0.4) is 0 Å². The van der Waals surface area contributed by atoms with E-state index in [0.29, 0.717) is 18.1 Å². The van der Waals surface area contributed by atoms with Crippen molar-refractivity contribution in [2.24, 2.45) is 5.73 Å². The molecule has 2 N–H and O–H groups in total. The number of rotatable bonds is 6. The lowest BCUT2D eigenvalue weighted by Crippen LogP contribution is -2.39. The molecule has 5 heteroatoms. The highest BCUT2D eigenvalue weighted by molar-refractivity contribution is 9.10. The van der Waals surface area contributed by atoms with Gasteiger partial charge in [0.15, 0.2) is 0 Å². The Bertz CT molecular complexity index is 373. The summed E-state index contributed by atoms with van der Waals surface area (Å²) in [5.41, 5.74) is 5.41. The SMILES string of the molecule is CC(C)(N)CS(=O)CCOc1ccc(Br)cc1. The van der Waals surface area contributed by atoms with Crippen LogP contribution in [-0.4, -0.2) is 27.9 Å². The molecule has 96 valence electrons. The Labute approximate surface area is 113 Å². The van der Waals surface area contributed by atoms with Gasteiger partial charge in [0, 0.05) is 26.6 Å². The smallest absolute Gasteiger partial charge is 0.119 e. The standard InChI is InChI=1S/C12H18BrNO2S/c1-12(2,14)9-17(15)8-7-16-11-5-3-10(13)4-6-11/h3-6H,7-9,14H2,1-2H3. The van der Waals surface area contributed by atoms with Gasteiger partial charge in [-0.2, -0.15) is 0 Å². The number of halogens is 1. The summed E-state index contributed by atoms with van der Waals surface area (Å²) in [6.45, 7) is 4.20. The number of hydrogen-bond donors (Lipinski definition) is 1. The maximum atomic E-state index is 11.6. The molecule has 1 aromatic rings. The van der Waals surface area contributed by atoms with Crippen LogP contribution >= 0.6 is 15.9 Å². The van der Waals surface area contributed by atoms with Gasteiger partial charge >= 0.3 is 0 Å². The Kier molecular flexibility index (Phi) is 5.62. The quantitative estimate of drug-likeness (QED) is 0.875. The van der Waals surface area contributed by atoms with E-state index in [1.807, 2.05) is 38.1 Å². The molecule has 0 amide bonds. The van der Waals surface area contributed by atoms with E-state index in [9.17, 15) is 4.21 Å². The van der Waals surface area contributed by atoms with E-state index in [0.717, 1.165) is 10.2 Å². The van der Waals surface area contributed by atoms with Gasteiger partial charge in [0.05, 0.1) is 12.4 Å². The topological polar surface area (TPSA) is 52.3 Å². The Balaban J connectivity index is 2.28. The molecule has 0 heterocycles. The average Bonchev–Trinajstić information content (AvgIpc) is 2.18. The van der Waals surface area contributed by atoms with Crippen LogP contribution in [0.25, 0.3) is 0 Å². The minimum atomic E-state index is -0.927. The van der Waals surface area contributed by atoms with E-state index >= 15 is 0 Å². The van der Waals surface area contributed by atoms with E-state index in [2.05, 4.69) is 15.9 Å². The van der Waals surface area contributed by atoms with E-state index in [1.165, 1.54) is 0 Å². The molecule has 0 fully saturated rings. The lowest BCUT2D eigenvalue weighted by molar-refractivity contribution is 0.342. The van der Waals surface area contributed by atoms with Crippen molar-refractivity contribution in [3.05, 3.63) is 28.7 Å². The summed E-state index contributed by atoms with van der Waals surface area (Å²) in [4.78, 5) is 0. The first-order valence-electron chi connectivity index (χ1n) is 5.39. The van der Waals surface area contributed by atoms with Crippen molar-refractivity contribution >= 4 is 26.7 Å². The molecule has 17 heavy (non-hydrogen) atoms. The van der Waals surface area contributed by atoms with Gasteiger partial charge in [-0.1, -0.05) is 15.9 Å². The van der Waals surface area contributed by atoms with Crippen molar-refractivity contribution in [1.82, 2.24) is 0 Å². The number of ether oxygens (including phenoxy) is 1. The molecule has 0 bridgehead atoms. The normalized spacial score (nSPS) is 13.4. The van der Waals surface area contributed by atoms with Crippen LogP contribution in [0.2, 0.25) is 0 Å². The lowest BCUT2D eigenvalue weighted by Gasteiger charge is -2.17. The maximum absolute atomic E-state index is 11.6. The zero-order valence-electron chi connectivity index (χ0n) is 10.1. The van der Waals surface area contributed by atoms with Crippen molar-refractivity contribution in [3.63, 3.8) is 0 Å². The van der Waals surface area contributed by atoms with Gasteiger partial charge in [0.2, 0.25) is 0 Å². The molecule has 0 aromatic heterocycles. The number of hydrogen-bond acceptors (Lipinski definition) is 3. The van der Waals surface area contributed by atoms with Crippen LogP contribution < -0.4 is 10.5 Å². The Morgan fingerprint density at radius 2 is 1.94 bits per heavy atom. The fourth-order valence-corrected chi connectivity index (χ4v) is 2.78. The van der Waals surface area contributed by atoms with Crippen molar-refractivity contribution < 1.29 is 8.95 Å². The van der Waals surface area contributed by atoms with Gasteiger partial charge in [-0.15, -0.1) is 0 Å². The molecule has 0 aliphatic rings. The zero-order chi connectivity index (χ0) is 12.9. The van der Waals surface area contributed by atoms with Crippen LogP contribution in [0, 0.1) is 0 Å². The molecule has 0 aliphatic carbocycles. The average molecular weight is 320 g/mol.